The number of carboxylic acid groups (broad SMARTS) is 1. The lowest BCUT2D eigenvalue weighted by Gasteiger charge is -2.40. The first kappa shape index (κ1) is 52.0. The number of carboxylic acids is 1. The number of benzene rings is 2. The lowest BCUT2D eigenvalue weighted by atomic mass is 9.86. The van der Waals surface area contributed by atoms with E-state index in [0.29, 0.717) is 53.1 Å². The molecule has 69 heavy (non-hydrogen) atoms. The average Bonchev–Trinajstić information content (AvgIpc) is 3.26. The van der Waals surface area contributed by atoms with Crippen LogP contribution >= 0.6 is 0 Å². The first-order chi connectivity index (χ1) is 32.4. The van der Waals surface area contributed by atoms with Gasteiger partial charge in [0.25, 0.3) is 0 Å². The summed E-state index contributed by atoms with van der Waals surface area (Å²) >= 11 is 0. The van der Waals surface area contributed by atoms with Gasteiger partial charge in [-0.3, -0.25) is 24.2 Å². The number of nitrogens with zero attached hydrogens (tertiary/aromatic N) is 6. The van der Waals surface area contributed by atoms with Crippen LogP contribution in [0.25, 0.3) is 33.5 Å². The van der Waals surface area contributed by atoms with Crippen LogP contribution in [-0.4, -0.2) is 128 Å². The van der Waals surface area contributed by atoms with Gasteiger partial charge in [-0.1, -0.05) is 63.2 Å². The summed E-state index contributed by atoms with van der Waals surface area (Å²) in [6, 6.07) is 22.2. The Kier molecular flexibility index (Phi) is 16.5. The van der Waals surface area contributed by atoms with E-state index in [4.69, 9.17) is 28.6 Å². The molecule has 0 radical (unpaired) electrons. The third kappa shape index (κ3) is 14.6. The molecule has 6 rings (SSSR count). The van der Waals surface area contributed by atoms with Crippen molar-refractivity contribution in [3.8, 4) is 11.4 Å². The molecular weight excluding hydrogens is 881 g/mol. The Labute approximate surface area is 404 Å². The van der Waals surface area contributed by atoms with Crippen molar-refractivity contribution >= 4 is 46.2 Å². The smallest absolute Gasteiger partial charge is 0.410 e. The molecule has 370 valence electrons. The first-order valence-corrected chi connectivity index (χ1v) is 23.6. The van der Waals surface area contributed by atoms with E-state index >= 15 is 0 Å². The van der Waals surface area contributed by atoms with E-state index in [1.807, 2.05) is 73.7 Å². The number of rotatable bonds is 10. The maximum atomic E-state index is 13.9. The highest BCUT2D eigenvalue weighted by molar-refractivity contribution is 5.89. The number of aromatic nitrogens is 2. The van der Waals surface area contributed by atoms with Gasteiger partial charge in [0.2, 0.25) is 11.1 Å². The van der Waals surface area contributed by atoms with Gasteiger partial charge < -0.3 is 33.5 Å². The topological polar surface area (TPSA) is 185 Å². The predicted octanol–water partition coefficient (Wildman–Crippen LogP) is 8.66. The Bertz CT molecular complexity index is 2670. The van der Waals surface area contributed by atoms with Crippen molar-refractivity contribution in [3.63, 3.8) is 0 Å². The second-order valence-corrected chi connectivity index (χ2v) is 20.8. The lowest BCUT2D eigenvalue weighted by molar-refractivity contribution is -0.148. The summed E-state index contributed by atoms with van der Waals surface area (Å²) in [5, 5.41) is 11.5. The molecule has 1 aliphatic heterocycles. The van der Waals surface area contributed by atoms with Crippen LogP contribution in [0.5, 0.6) is 0 Å². The number of pyridine rings is 2. The summed E-state index contributed by atoms with van der Waals surface area (Å²) in [5.74, 6) is -1.69. The van der Waals surface area contributed by atoms with Crippen LogP contribution in [-0.2, 0) is 42.4 Å². The van der Waals surface area contributed by atoms with Gasteiger partial charge in [-0.25, -0.2) is 19.6 Å². The molecule has 0 bridgehead atoms. The van der Waals surface area contributed by atoms with Gasteiger partial charge in [-0.2, -0.15) is 0 Å². The largest absolute Gasteiger partial charge is 0.480 e. The van der Waals surface area contributed by atoms with Crippen molar-refractivity contribution < 1.29 is 42.9 Å². The molecule has 0 saturated carbocycles. The quantitative estimate of drug-likeness (QED) is 0.0797. The van der Waals surface area contributed by atoms with Crippen LogP contribution in [0, 0.1) is 0 Å². The van der Waals surface area contributed by atoms with Gasteiger partial charge in [0.05, 0.1) is 27.9 Å². The molecule has 16 nitrogen and oxygen atoms in total. The minimum atomic E-state index is -1.16. The minimum Gasteiger partial charge on any atom is -0.480 e. The number of aliphatic carboxylic acids is 1. The van der Waals surface area contributed by atoms with Gasteiger partial charge in [-0.15, -0.1) is 0 Å². The molecule has 4 heterocycles. The normalized spacial score (nSPS) is 16.6. The maximum Gasteiger partial charge on any atom is 0.410 e. The van der Waals surface area contributed by atoms with Crippen molar-refractivity contribution in [2.45, 2.75) is 124 Å². The Balaban J connectivity index is 1.27. The van der Waals surface area contributed by atoms with Crippen LogP contribution in [0.4, 0.5) is 9.59 Å². The van der Waals surface area contributed by atoms with E-state index in [2.05, 4.69) is 25.7 Å². The molecule has 1 aliphatic rings. The molecule has 1 N–H and O–H groups in total. The number of amides is 2. The predicted molar refractivity (Wildman–Crippen MR) is 264 cm³/mol. The number of carbonyl (C=O) groups excluding carboxylic acids is 3. The highest BCUT2D eigenvalue weighted by Crippen LogP contribution is 2.28. The lowest BCUT2D eigenvalue weighted by Crippen LogP contribution is -2.56. The standard InChI is InChI=1S/C53H68N6O10/c1-35-32-58(50(65)69-53(8,9)10)28-26-56(33-38-17-14-18-41(54-38)42-21-20-39-46(61)40-31-37(51(2,3)4)19-23-44(40)67-47(39)55-42)25-27-57(49(64)68-52(5,6)7)29-30-59(35)43(48(62)63)22-24-45(60)66-34-36-15-12-11-13-16-36/h11-21,23,31,35,43H,22,24-30,32-34H2,1-10H3,(H,62,63). The second kappa shape index (κ2) is 21.9. The Morgan fingerprint density at radius 2 is 1.38 bits per heavy atom. The minimum absolute atomic E-state index is 0.0604. The fourth-order valence-electron chi connectivity index (χ4n) is 8.12. The third-order valence-corrected chi connectivity index (χ3v) is 11.8. The summed E-state index contributed by atoms with van der Waals surface area (Å²) in [4.78, 5) is 84.2. The molecule has 2 amide bonds. The average molecular weight is 949 g/mol. The number of fused-ring (bicyclic) bond motifs is 2. The molecule has 2 atom stereocenters. The highest BCUT2D eigenvalue weighted by Gasteiger charge is 2.35. The summed E-state index contributed by atoms with van der Waals surface area (Å²) in [6.07, 6.45) is -1.35. The summed E-state index contributed by atoms with van der Waals surface area (Å²) in [6.45, 7) is 20.5. The van der Waals surface area contributed by atoms with Crippen LogP contribution in [0.15, 0.2) is 88.1 Å². The van der Waals surface area contributed by atoms with Crippen molar-refractivity contribution in [2.75, 3.05) is 45.8 Å². The van der Waals surface area contributed by atoms with Crippen LogP contribution in [0.2, 0.25) is 0 Å². The van der Waals surface area contributed by atoms with Crippen molar-refractivity contribution in [2.24, 2.45) is 0 Å². The number of esters is 1. The molecule has 0 aliphatic carbocycles. The fraction of sp³-hybridized carbons (Fsp3) is 0.491. The van der Waals surface area contributed by atoms with Crippen LogP contribution in [0.1, 0.15) is 98.9 Å². The highest BCUT2D eigenvalue weighted by atomic mass is 16.6. The second-order valence-electron chi connectivity index (χ2n) is 20.8. The van der Waals surface area contributed by atoms with E-state index < -0.39 is 47.4 Å². The monoisotopic (exact) mass is 948 g/mol. The molecule has 1 saturated heterocycles. The third-order valence-electron chi connectivity index (χ3n) is 11.8. The van der Waals surface area contributed by atoms with Gasteiger partial charge >= 0.3 is 24.1 Å². The SMILES string of the molecule is CC1CN(C(=O)OC(C)(C)C)CCN(Cc2cccc(-c3ccc4c(=O)c5cc(C(C)(C)C)ccc5oc4n3)n2)CCN(C(=O)OC(C)(C)C)CCN1C(CCC(=O)OCc1ccccc1)C(=O)O. The van der Waals surface area contributed by atoms with Gasteiger partial charge in [0, 0.05) is 64.8 Å². The molecule has 0 spiro atoms. The molecule has 3 aromatic heterocycles. The zero-order valence-electron chi connectivity index (χ0n) is 41.7. The van der Waals surface area contributed by atoms with Crippen molar-refractivity contribution in [1.29, 1.82) is 0 Å². The Morgan fingerprint density at radius 1 is 0.739 bits per heavy atom. The number of carbonyl (C=O) groups is 4. The molecule has 1 fully saturated rings. The van der Waals surface area contributed by atoms with Gasteiger partial charge in [-0.05, 0) is 108 Å². The molecule has 16 heteroatoms. The maximum absolute atomic E-state index is 13.9. The van der Waals surface area contributed by atoms with Crippen LogP contribution in [0.3, 0.4) is 0 Å². The van der Waals surface area contributed by atoms with E-state index in [-0.39, 0.29) is 68.7 Å². The van der Waals surface area contributed by atoms with Crippen molar-refractivity contribution in [3.05, 3.63) is 106 Å². The van der Waals surface area contributed by atoms with Crippen LogP contribution < -0.4 is 5.43 Å². The van der Waals surface area contributed by atoms with Gasteiger partial charge in [0.15, 0.2) is 0 Å². The van der Waals surface area contributed by atoms with E-state index in [9.17, 15) is 29.1 Å². The fourth-order valence-corrected chi connectivity index (χ4v) is 8.12. The summed E-state index contributed by atoms with van der Waals surface area (Å²) in [5.41, 5.74) is 2.33. The Morgan fingerprint density at radius 3 is 2.03 bits per heavy atom. The van der Waals surface area contributed by atoms with E-state index in [1.54, 1.807) is 68.4 Å². The number of hydrogen-bond donors (Lipinski definition) is 1. The Hall–Kier alpha value is -6.39. The molecule has 5 aromatic rings. The molecule has 2 aromatic carbocycles. The zero-order valence-corrected chi connectivity index (χ0v) is 41.7. The summed E-state index contributed by atoms with van der Waals surface area (Å²) < 4.78 is 23.4. The van der Waals surface area contributed by atoms with Crippen molar-refractivity contribution in [1.82, 2.24) is 29.6 Å². The van der Waals surface area contributed by atoms with E-state index in [1.165, 1.54) is 0 Å². The number of hydrogen-bond acceptors (Lipinski definition) is 13. The zero-order chi connectivity index (χ0) is 50.3. The summed E-state index contributed by atoms with van der Waals surface area (Å²) in [7, 11) is 0. The molecular formula is C53H68N6O10. The molecule has 2 unspecified atom stereocenters. The number of ether oxygens (including phenoxy) is 3. The first-order valence-electron chi connectivity index (χ1n) is 23.6. The van der Waals surface area contributed by atoms with E-state index in [0.717, 1.165) is 11.1 Å². The van der Waals surface area contributed by atoms with Gasteiger partial charge in [0.1, 0.15) is 29.4 Å².